The molecule has 26 heavy (non-hydrogen) atoms. The monoisotopic (exact) mass is 366 g/mol. The van der Waals surface area contributed by atoms with Gasteiger partial charge in [-0.15, -0.1) is 11.3 Å². The van der Waals surface area contributed by atoms with E-state index >= 15 is 0 Å². The van der Waals surface area contributed by atoms with Crippen LogP contribution in [-0.2, 0) is 6.42 Å². The number of thiophene rings is 1. The molecule has 5 nitrogen and oxygen atoms in total. The highest BCUT2D eigenvalue weighted by molar-refractivity contribution is 7.09. The Morgan fingerprint density at radius 2 is 2.15 bits per heavy atom. The molecule has 1 amide bonds. The van der Waals surface area contributed by atoms with Crippen molar-refractivity contribution in [1.29, 1.82) is 0 Å². The SMILES string of the molecule is O=C(c1cc(-c2ccncc2)n[nH]1)N1CCCC[C@@H]1CCc1cccs1. The fraction of sp³-hybridized carbons (Fsp3) is 0.350. The van der Waals surface area contributed by atoms with Crippen molar-refractivity contribution in [2.75, 3.05) is 6.54 Å². The molecule has 4 heterocycles. The second-order valence-corrected chi connectivity index (χ2v) is 7.70. The van der Waals surface area contributed by atoms with Gasteiger partial charge in [0.05, 0.1) is 5.69 Å². The number of aromatic nitrogens is 3. The Balaban J connectivity index is 1.47. The molecule has 134 valence electrons. The Kier molecular flexibility index (Phi) is 5.11. The number of pyridine rings is 1. The van der Waals surface area contributed by atoms with E-state index in [9.17, 15) is 4.79 Å². The second kappa shape index (κ2) is 7.83. The lowest BCUT2D eigenvalue weighted by Gasteiger charge is -2.35. The Bertz CT molecular complexity index is 844. The first kappa shape index (κ1) is 17.0. The van der Waals surface area contributed by atoms with Crippen molar-refractivity contribution >= 4 is 17.2 Å². The van der Waals surface area contributed by atoms with Crippen molar-refractivity contribution in [3.63, 3.8) is 0 Å². The number of carbonyl (C=O) groups is 1. The minimum absolute atomic E-state index is 0.0636. The van der Waals surface area contributed by atoms with Gasteiger partial charge in [0.1, 0.15) is 5.69 Å². The molecule has 0 aliphatic carbocycles. The lowest BCUT2D eigenvalue weighted by molar-refractivity contribution is 0.0596. The molecule has 1 N–H and O–H groups in total. The van der Waals surface area contributed by atoms with Gasteiger partial charge in [0.25, 0.3) is 5.91 Å². The molecule has 0 aromatic carbocycles. The van der Waals surface area contributed by atoms with Gasteiger partial charge in [0, 0.05) is 35.4 Å². The van der Waals surface area contributed by atoms with Crippen molar-refractivity contribution in [2.45, 2.75) is 38.1 Å². The normalized spacial score (nSPS) is 17.4. The van der Waals surface area contributed by atoms with Crippen molar-refractivity contribution < 1.29 is 4.79 Å². The number of hydrogen-bond donors (Lipinski definition) is 1. The largest absolute Gasteiger partial charge is 0.334 e. The van der Waals surface area contributed by atoms with Crippen LogP contribution in [0.3, 0.4) is 0 Å². The molecule has 1 atom stereocenters. The molecule has 1 aliphatic rings. The topological polar surface area (TPSA) is 61.9 Å². The van der Waals surface area contributed by atoms with Crippen LogP contribution in [0.2, 0.25) is 0 Å². The van der Waals surface area contributed by atoms with Crippen LogP contribution in [0.1, 0.15) is 41.0 Å². The molecule has 1 fully saturated rings. The van der Waals surface area contributed by atoms with Crippen LogP contribution in [0.25, 0.3) is 11.3 Å². The molecule has 4 rings (SSSR count). The molecule has 1 aliphatic heterocycles. The number of piperidine rings is 1. The zero-order chi connectivity index (χ0) is 17.8. The Morgan fingerprint density at radius 1 is 1.27 bits per heavy atom. The minimum Gasteiger partial charge on any atom is -0.334 e. The molecule has 3 aromatic rings. The van der Waals surface area contributed by atoms with Crippen molar-refractivity contribution in [3.8, 4) is 11.3 Å². The van der Waals surface area contributed by atoms with Gasteiger partial charge in [-0.05, 0) is 61.7 Å². The number of H-pyrrole nitrogens is 1. The molecule has 6 heteroatoms. The van der Waals surface area contributed by atoms with Gasteiger partial charge in [0.15, 0.2) is 0 Å². The molecule has 1 saturated heterocycles. The highest BCUT2D eigenvalue weighted by atomic mass is 32.1. The highest BCUT2D eigenvalue weighted by Gasteiger charge is 2.28. The minimum atomic E-state index is 0.0636. The third kappa shape index (κ3) is 3.70. The first-order valence-electron chi connectivity index (χ1n) is 9.10. The van der Waals surface area contributed by atoms with E-state index in [4.69, 9.17) is 0 Å². The summed E-state index contributed by atoms with van der Waals surface area (Å²) in [4.78, 5) is 20.5. The van der Waals surface area contributed by atoms with Crippen LogP contribution in [0.15, 0.2) is 48.1 Å². The summed E-state index contributed by atoms with van der Waals surface area (Å²) < 4.78 is 0. The summed E-state index contributed by atoms with van der Waals surface area (Å²) >= 11 is 1.79. The summed E-state index contributed by atoms with van der Waals surface area (Å²) in [5.41, 5.74) is 2.31. The van der Waals surface area contributed by atoms with Crippen molar-refractivity contribution in [1.82, 2.24) is 20.1 Å². The first-order chi connectivity index (χ1) is 12.8. The van der Waals surface area contributed by atoms with Crippen LogP contribution >= 0.6 is 11.3 Å². The predicted molar refractivity (Wildman–Crippen MR) is 103 cm³/mol. The van der Waals surface area contributed by atoms with E-state index in [1.807, 2.05) is 23.1 Å². The van der Waals surface area contributed by atoms with Crippen LogP contribution in [0, 0.1) is 0 Å². The maximum absolute atomic E-state index is 13.1. The molecular weight excluding hydrogens is 344 g/mol. The van der Waals surface area contributed by atoms with Crippen molar-refractivity contribution in [3.05, 3.63) is 58.7 Å². The van der Waals surface area contributed by atoms with Crippen LogP contribution < -0.4 is 0 Å². The average molecular weight is 366 g/mol. The zero-order valence-corrected chi connectivity index (χ0v) is 15.4. The van der Waals surface area contributed by atoms with E-state index in [1.165, 1.54) is 11.3 Å². The van der Waals surface area contributed by atoms with Crippen LogP contribution in [-0.4, -0.2) is 38.6 Å². The number of nitrogens with zero attached hydrogens (tertiary/aromatic N) is 3. The molecule has 0 saturated carbocycles. The Hall–Kier alpha value is -2.47. The number of aryl methyl sites for hydroxylation is 1. The molecular formula is C20H22N4OS. The van der Waals surface area contributed by atoms with E-state index in [1.54, 1.807) is 23.7 Å². The number of hydrogen-bond acceptors (Lipinski definition) is 4. The summed E-state index contributed by atoms with van der Waals surface area (Å²) in [7, 11) is 0. The van der Waals surface area contributed by atoms with Gasteiger partial charge < -0.3 is 4.90 Å². The molecule has 0 unspecified atom stereocenters. The summed E-state index contributed by atoms with van der Waals surface area (Å²) in [6.07, 6.45) is 8.89. The zero-order valence-electron chi connectivity index (χ0n) is 14.6. The Labute approximate surface area is 157 Å². The number of rotatable bonds is 5. The van der Waals surface area contributed by atoms with E-state index in [0.717, 1.165) is 43.5 Å². The van der Waals surface area contributed by atoms with Gasteiger partial charge >= 0.3 is 0 Å². The van der Waals surface area contributed by atoms with Gasteiger partial charge in [-0.2, -0.15) is 5.10 Å². The number of carbonyl (C=O) groups excluding carboxylic acids is 1. The van der Waals surface area contributed by atoms with E-state index in [-0.39, 0.29) is 5.91 Å². The maximum Gasteiger partial charge on any atom is 0.272 e. The maximum atomic E-state index is 13.1. The summed E-state index contributed by atoms with van der Waals surface area (Å²) in [6, 6.07) is 10.2. The van der Waals surface area contributed by atoms with Crippen molar-refractivity contribution in [2.24, 2.45) is 0 Å². The lowest BCUT2D eigenvalue weighted by atomic mass is 9.97. The highest BCUT2D eigenvalue weighted by Crippen LogP contribution is 2.25. The third-order valence-electron chi connectivity index (χ3n) is 4.98. The number of likely N-dealkylation sites (tertiary alicyclic amines) is 1. The quantitative estimate of drug-likeness (QED) is 0.737. The summed E-state index contributed by atoms with van der Waals surface area (Å²) in [5.74, 6) is 0.0636. The molecule has 3 aromatic heterocycles. The second-order valence-electron chi connectivity index (χ2n) is 6.67. The fourth-order valence-electron chi connectivity index (χ4n) is 3.59. The summed E-state index contributed by atoms with van der Waals surface area (Å²) in [6.45, 7) is 0.831. The number of aromatic amines is 1. The smallest absolute Gasteiger partial charge is 0.272 e. The number of amides is 1. The van der Waals surface area contributed by atoms with Gasteiger partial charge in [-0.25, -0.2) is 0 Å². The van der Waals surface area contributed by atoms with Crippen LogP contribution in [0.4, 0.5) is 0 Å². The van der Waals surface area contributed by atoms with E-state index in [2.05, 4.69) is 32.7 Å². The third-order valence-corrected chi connectivity index (χ3v) is 5.91. The predicted octanol–water partition coefficient (Wildman–Crippen LogP) is 4.16. The van der Waals surface area contributed by atoms with Gasteiger partial charge in [-0.3, -0.25) is 14.9 Å². The summed E-state index contributed by atoms with van der Waals surface area (Å²) in [5, 5.41) is 9.36. The van der Waals surface area contributed by atoms with Gasteiger partial charge in [-0.1, -0.05) is 6.07 Å². The average Bonchev–Trinajstić information content (AvgIpc) is 3.39. The van der Waals surface area contributed by atoms with E-state index in [0.29, 0.717) is 11.7 Å². The molecule has 0 spiro atoms. The molecule has 0 radical (unpaired) electrons. The standard InChI is InChI=1S/C20H22N4OS/c25-20(19-14-18(22-23-19)15-8-10-21-11-9-15)24-12-2-1-4-16(24)6-7-17-5-3-13-26-17/h3,5,8-11,13-14,16H,1-2,4,6-7,12H2,(H,22,23)/t16-/m1/s1. The first-order valence-corrected chi connectivity index (χ1v) is 9.98. The number of nitrogens with one attached hydrogen (secondary N) is 1. The fourth-order valence-corrected chi connectivity index (χ4v) is 4.31. The van der Waals surface area contributed by atoms with E-state index < -0.39 is 0 Å². The van der Waals surface area contributed by atoms with Gasteiger partial charge in [0.2, 0.25) is 0 Å². The van der Waals surface area contributed by atoms with Crippen LogP contribution in [0.5, 0.6) is 0 Å². The lowest BCUT2D eigenvalue weighted by Crippen LogP contribution is -2.44. The Morgan fingerprint density at radius 3 is 2.96 bits per heavy atom. The molecule has 0 bridgehead atoms.